The number of nitrogens with zero attached hydrogens (tertiary/aromatic N) is 1. The summed E-state index contributed by atoms with van der Waals surface area (Å²) in [5.41, 5.74) is 0. The molecule has 1 saturated heterocycles. The lowest BCUT2D eigenvalue weighted by Gasteiger charge is -2.23. The van der Waals surface area contributed by atoms with Gasteiger partial charge in [-0.15, -0.1) is 11.8 Å². The number of hydrogen-bond acceptors (Lipinski definition) is 4. The molecule has 5 nitrogen and oxygen atoms in total. The average molecular weight is 308 g/mol. The van der Waals surface area contributed by atoms with Crippen LogP contribution in [0.3, 0.4) is 0 Å². The van der Waals surface area contributed by atoms with E-state index in [1.165, 1.54) is 6.08 Å². The maximum atomic E-state index is 12.2. The molecule has 0 aliphatic carbocycles. The van der Waals surface area contributed by atoms with Gasteiger partial charge in [0, 0.05) is 17.9 Å². The minimum absolute atomic E-state index is 0.0749. The van der Waals surface area contributed by atoms with Gasteiger partial charge in [0.15, 0.2) is 0 Å². The van der Waals surface area contributed by atoms with E-state index in [1.54, 1.807) is 41.1 Å². The molecule has 2 rings (SSSR count). The van der Waals surface area contributed by atoms with Gasteiger partial charge in [-0.3, -0.25) is 9.59 Å². The van der Waals surface area contributed by atoms with E-state index in [9.17, 15) is 9.59 Å². The van der Waals surface area contributed by atoms with Crippen LogP contribution in [0.2, 0.25) is 0 Å². The molecule has 2 atom stereocenters. The first kappa shape index (κ1) is 15.7. The topological polar surface area (TPSA) is 62.6 Å². The monoisotopic (exact) mass is 308 g/mol. The molecular weight excluding hydrogens is 288 g/mol. The molecule has 0 aromatic carbocycles. The van der Waals surface area contributed by atoms with Crippen LogP contribution in [0.5, 0.6) is 0 Å². The Morgan fingerprint density at radius 2 is 2.43 bits per heavy atom. The van der Waals surface area contributed by atoms with Crippen molar-refractivity contribution in [1.82, 2.24) is 10.2 Å². The third-order valence-corrected chi connectivity index (χ3v) is 4.41. The van der Waals surface area contributed by atoms with Crippen LogP contribution in [-0.4, -0.2) is 40.4 Å². The first-order valence-electron chi connectivity index (χ1n) is 7.02. The van der Waals surface area contributed by atoms with Crippen molar-refractivity contribution in [1.29, 1.82) is 0 Å². The zero-order chi connectivity index (χ0) is 15.2. The third-order valence-electron chi connectivity index (χ3n) is 3.40. The Labute approximate surface area is 128 Å². The van der Waals surface area contributed by atoms with Crippen molar-refractivity contribution in [3.8, 4) is 0 Å². The smallest absolute Gasteiger partial charge is 0.248 e. The number of rotatable bonds is 5. The molecule has 2 unspecified atom stereocenters. The van der Waals surface area contributed by atoms with Crippen molar-refractivity contribution in [3.63, 3.8) is 0 Å². The molecule has 1 aliphatic heterocycles. The molecule has 0 spiro atoms. The van der Waals surface area contributed by atoms with Crippen LogP contribution >= 0.6 is 11.8 Å². The van der Waals surface area contributed by atoms with Gasteiger partial charge in [0.1, 0.15) is 11.8 Å². The molecule has 0 saturated carbocycles. The van der Waals surface area contributed by atoms with Crippen LogP contribution in [0.1, 0.15) is 26.0 Å². The summed E-state index contributed by atoms with van der Waals surface area (Å²) in [5.74, 6) is 1.56. The van der Waals surface area contributed by atoms with Gasteiger partial charge in [0.25, 0.3) is 0 Å². The highest BCUT2D eigenvalue weighted by Gasteiger charge is 2.33. The third kappa shape index (κ3) is 4.14. The standard InChI is InChI=1S/C15H20N2O3S/c1-3-11(2)16-15(19)13-9-21-10-17(13)14(18)7-6-12-5-4-8-20-12/h4-8,11,13H,3,9-10H2,1-2H3,(H,16,19). The van der Waals surface area contributed by atoms with Gasteiger partial charge in [-0.25, -0.2) is 0 Å². The minimum atomic E-state index is -0.391. The molecular formula is C15H20N2O3S. The summed E-state index contributed by atoms with van der Waals surface area (Å²) in [4.78, 5) is 26.0. The van der Waals surface area contributed by atoms with Gasteiger partial charge in [-0.05, 0) is 31.6 Å². The summed E-state index contributed by atoms with van der Waals surface area (Å²) < 4.78 is 5.15. The van der Waals surface area contributed by atoms with E-state index in [1.807, 2.05) is 13.8 Å². The fourth-order valence-electron chi connectivity index (χ4n) is 1.95. The number of thioether (sulfide) groups is 1. The summed E-state index contributed by atoms with van der Waals surface area (Å²) in [6, 6.07) is 3.27. The Hall–Kier alpha value is -1.69. The zero-order valence-electron chi connectivity index (χ0n) is 12.2. The molecule has 1 aromatic rings. The number of furan rings is 1. The molecule has 2 amide bonds. The van der Waals surface area contributed by atoms with Crippen molar-refractivity contribution >= 4 is 29.7 Å². The lowest BCUT2D eigenvalue weighted by molar-refractivity contribution is -0.135. The molecule has 1 aromatic heterocycles. The minimum Gasteiger partial charge on any atom is -0.465 e. The molecule has 21 heavy (non-hydrogen) atoms. The molecule has 6 heteroatoms. The SMILES string of the molecule is CCC(C)NC(=O)C1CSCN1C(=O)C=Cc1ccco1. The lowest BCUT2D eigenvalue weighted by atomic mass is 10.2. The number of hydrogen-bond donors (Lipinski definition) is 1. The Balaban J connectivity index is 1.97. The second-order valence-electron chi connectivity index (χ2n) is 4.99. The van der Waals surface area contributed by atoms with Gasteiger partial charge in [0.2, 0.25) is 11.8 Å². The van der Waals surface area contributed by atoms with E-state index in [0.717, 1.165) is 6.42 Å². The molecule has 2 heterocycles. The van der Waals surface area contributed by atoms with E-state index in [2.05, 4.69) is 5.32 Å². The van der Waals surface area contributed by atoms with Crippen LogP contribution in [0, 0.1) is 0 Å². The van der Waals surface area contributed by atoms with Gasteiger partial charge in [-0.1, -0.05) is 6.92 Å². The van der Waals surface area contributed by atoms with Crippen LogP contribution < -0.4 is 5.32 Å². The lowest BCUT2D eigenvalue weighted by Crippen LogP contribution is -2.48. The Morgan fingerprint density at radius 3 is 3.10 bits per heavy atom. The van der Waals surface area contributed by atoms with E-state index >= 15 is 0 Å². The highest BCUT2D eigenvalue weighted by Crippen LogP contribution is 2.22. The van der Waals surface area contributed by atoms with E-state index in [4.69, 9.17) is 4.42 Å². The van der Waals surface area contributed by atoms with Gasteiger partial charge in [0.05, 0.1) is 12.1 Å². The first-order valence-corrected chi connectivity index (χ1v) is 8.17. The maximum absolute atomic E-state index is 12.2. The summed E-state index contributed by atoms with van der Waals surface area (Å²) in [7, 11) is 0. The zero-order valence-corrected chi connectivity index (χ0v) is 13.1. The maximum Gasteiger partial charge on any atom is 0.248 e. The Kier molecular flexibility index (Phi) is 5.50. The molecule has 1 aliphatic rings. The number of carbonyl (C=O) groups is 2. The van der Waals surface area contributed by atoms with E-state index in [0.29, 0.717) is 17.4 Å². The first-order chi connectivity index (χ1) is 10.1. The molecule has 114 valence electrons. The highest BCUT2D eigenvalue weighted by atomic mass is 32.2. The quantitative estimate of drug-likeness (QED) is 0.846. The summed E-state index contributed by atoms with van der Waals surface area (Å²) in [6.45, 7) is 3.98. The summed E-state index contributed by atoms with van der Waals surface area (Å²) in [5, 5.41) is 2.94. The van der Waals surface area contributed by atoms with Crippen LogP contribution in [0.25, 0.3) is 6.08 Å². The molecule has 1 N–H and O–H groups in total. The van der Waals surface area contributed by atoms with Gasteiger partial charge in [-0.2, -0.15) is 0 Å². The normalized spacial score (nSPS) is 19.9. The number of nitrogens with one attached hydrogen (secondary N) is 1. The Morgan fingerprint density at radius 1 is 1.62 bits per heavy atom. The van der Waals surface area contributed by atoms with E-state index in [-0.39, 0.29) is 17.9 Å². The van der Waals surface area contributed by atoms with Gasteiger partial charge >= 0.3 is 0 Å². The predicted octanol–water partition coefficient (Wildman–Crippen LogP) is 2.11. The van der Waals surface area contributed by atoms with Crippen LogP contribution in [-0.2, 0) is 9.59 Å². The van der Waals surface area contributed by atoms with Crippen molar-refractivity contribution in [3.05, 3.63) is 30.2 Å². The second-order valence-corrected chi connectivity index (χ2v) is 5.99. The largest absolute Gasteiger partial charge is 0.465 e. The number of amides is 2. The second kappa shape index (κ2) is 7.36. The van der Waals surface area contributed by atoms with Gasteiger partial charge < -0.3 is 14.6 Å². The van der Waals surface area contributed by atoms with Crippen molar-refractivity contribution in [2.45, 2.75) is 32.4 Å². The Bertz CT molecular complexity index is 513. The summed E-state index contributed by atoms with van der Waals surface area (Å²) >= 11 is 1.59. The molecule has 1 fully saturated rings. The van der Waals surface area contributed by atoms with Crippen molar-refractivity contribution < 1.29 is 14.0 Å². The molecule has 0 radical (unpaired) electrons. The summed E-state index contributed by atoms with van der Waals surface area (Å²) in [6.07, 6.45) is 5.50. The fourth-order valence-corrected chi connectivity index (χ4v) is 3.12. The fraction of sp³-hybridized carbons (Fsp3) is 0.467. The predicted molar refractivity (Wildman–Crippen MR) is 83.6 cm³/mol. The van der Waals surface area contributed by atoms with Crippen molar-refractivity contribution in [2.24, 2.45) is 0 Å². The highest BCUT2D eigenvalue weighted by molar-refractivity contribution is 7.99. The average Bonchev–Trinajstić information content (AvgIpc) is 3.15. The van der Waals surface area contributed by atoms with E-state index < -0.39 is 6.04 Å². The number of carbonyl (C=O) groups excluding carboxylic acids is 2. The van der Waals surface area contributed by atoms with Crippen LogP contribution in [0.4, 0.5) is 0 Å². The van der Waals surface area contributed by atoms with Crippen molar-refractivity contribution in [2.75, 3.05) is 11.6 Å². The van der Waals surface area contributed by atoms with Crippen LogP contribution in [0.15, 0.2) is 28.9 Å². The molecule has 0 bridgehead atoms.